The van der Waals surface area contributed by atoms with Gasteiger partial charge in [0.2, 0.25) is 0 Å². The van der Waals surface area contributed by atoms with Crippen LogP contribution in [0.2, 0.25) is 84.1 Å². The molecule has 0 saturated carbocycles. The van der Waals surface area contributed by atoms with Crippen LogP contribution in [0, 0.1) is 6.92 Å². The van der Waals surface area contributed by atoms with Crippen molar-refractivity contribution >= 4 is 52.3 Å². The zero-order valence-electron chi connectivity index (χ0n) is 19.5. The first-order valence-electron chi connectivity index (χ1n) is 9.86. The van der Waals surface area contributed by atoms with Crippen molar-refractivity contribution in [2.45, 2.75) is 96.3 Å². The molecular formula is C16H45O4Si6. The van der Waals surface area contributed by atoms with Crippen molar-refractivity contribution in [3.8, 4) is 0 Å². The maximum Gasteiger partial charge on any atom is 0.469 e. The lowest BCUT2D eigenvalue weighted by atomic mass is 10.5. The highest BCUT2D eigenvalue weighted by Gasteiger charge is 2.50. The van der Waals surface area contributed by atoms with Gasteiger partial charge in [-0.2, -0.15) is 0 Å². The topological polar surface area (TPSA) is 36.9 Å². The van der Waals surface area contributed by atoms with E-state index in [1.54, 1.807) is 0 Å². The fourth-order valence-corrected chi connectivity index (χ4v) is 23.6. The first-order valence-corrected chi connectivity index (χ1v) is 26.3. The molecule has 0 rings (SSSR count). The Bertz CT molecular complexity index is 385. The Balaban J connectivity index is 5.63. The molecule has 0 saturated heterocycles. The van der Waals surface area contributed by atoms with E-state index in [0.717, 1.165) is 28.8 Å². The Labute approximate surface area is 172 Å². The van der Waals surface area contributed by atoms with Gasteiger partial charge in [0.1, 0.15) is 0 Å². The summed E-state index contributed by atoms with van der Waals surface area (Å²) in [4.78, 5) is 0. The minimum Gasteiger partial charge on any atom is -0.419 e. The van der Waals surface area contributed by atoms with Gasteiger partial charge in [-0.25, -0.2) is 0 Å². The summed E-state index contributed by atoms with van der Waals surface area (Å²) in [6.07, 6.45) is 0.868. The number of hydrogen-bond donors (Lipinski definition) is 0. The summed E-state index contributed by atoms with van der Waals surface area (Å²) in [7, 11) is -8.89. The zero-order valence-corrected chi connectivity index (χ0v) is 26.5. The van der Waals surface area contributed by atoms with Gasteiger partial charge < -0.3 is 16.8 Å². The molecule has 157 valence electrons. The van der Waals surface area contributed by atoms with E-state index >= 15 is 0 Å². The molecule has 0 aromatic heterocycles. The maximum atomic E-state index is 6.77. The molecule has 10 heteroatoms. The van der Waals surface area contributed by atoms with Crippen molar-refractivity contribution in [2.75, 3.05) is 0 Å². The van der Waals surface area contributed by atoms with Gasteiger partial charge in [-0.3, -0.25) is 0 Å². The monoisotopic (exact) mass is 469 g/mol. The summed E-state index contributed by atoms with van der Waals surface area (Å²) in [6.45, 7) is 28.8. The van der Waals surface area contributed by atoms with Crippen LogP contribution in [0.1, 0.15) is 6.42 Å². The van der Waals surface area contributed by atoms with Crippen LogP contribution in [0.15, 0.2) is 0 Å². The van der Waals surface area contributed by atoms with Gasteiger partial charge in [0, 0.05) is 22.0 Å². The summed E-state index contributed by atoms with van der Waals surface area (Å²) in [5.41, 5.74) is 0.349. The number of hydrogen-bond acceptors (Lipinski definition) is 4. The van der Waals surface area contributed by atoms with Crippen LogP contribution in [-0.4, -0.2) is 58.0 Å². The van der Waals surface area contributed by atoms with E-state index in [2.05, 4.69) is 78.9 Å². The molecule has 26 heavy (non-hydrogen) atoms. The first kappa shape index (κ1) is 27.1. The molecule has 0 aromatic carbocycles. The second-order valence-corrected chi connectivity index (χ2v) is 33.3. The molecule has 4 nitrogen and oxygen atoms in total. The van der Waals surface area contributed by atoms with E-state index in [9.17, 15) is 0 Å². The van der Waals surface area contributed by atoms with Gasteiger partial charge >= 0.3 is 8.80 Å². The molecule has 0 N–H and O–H groups in total. The van der Waals surface area contributed by atoms with Gasteiger partial charge in [0.25, 0.3) is 0 Å². The van der Waals surface area contributed by atoms with E-state index in [1.165, 1.54) is 0 Å². The molecule has 0 aliphatic heterocycles. The molecule has 0 amide bonds. The normalized spacial score (nSPS) is 16.2. The SMILES string of the molecule is [CH2]CC([SiH3])O[Si](C)(C)CC[Si](O[Si](C)(C)C)(O[Si](C)(C)C)O[Si](C)(C)C. The lowest BCUT2D eigenvalue weighted by molar-refractivity contribution is 0.247. The Morgan fingerprint density at radius 3 is 1.31 bits per heavy atom. The Morgan fingerprint density at radius 2 is 1.04 bits per heavy atom. The standard InChI is InChI=1S/C16H45O4Si6/c1-13-16(21)17-25(11,12)14-15-26(18-22(2,3)4,19-23(5,6)7)20-24(8,9)10/h16H,1,13-15H2,2-12,21H3. The van der Waals surface area contributed by atoms with Crippen molar-refractivity contribution in [3.05, 3.63) is 6.92 Å². The molecule has 0 fully saturated rings. The van der Waals surface area contributed by atoms with Crippen LogP contribution in [0.3, 0.4) is 0 Å². The average molecular weight is 470 g/mol. The fourth-order valence-electron chi connectivity index (χ4n) is 2.73. The van der Waals surface area contributed by atoms with Crippen molar-refractivity contribution in [3.63, 3.8) is 0 Å². The third-order valence-electron chi connectivity index (χ3n) is 3.35. The third-order valence-corrected chi connectivity index (χ3v) is 19.6. The van der Waals surface area contributed by atoms with Gasteiger partial charge in [-0.05, 0) is 84.5 Å². The van der Waals surface area contributed by atoms with Crippen LogP contribution < -0.4 is 0 Å². The van der Waals surface area contributed by atoms with Crippen LogP contribution in [0.25, 0.3) is 0 Å². The second-order valence-electron chi connectivity index (χ2n) is 10.8. The second kappa shape index (κ2) is 9.76. The van der Waals surface area contributed by atoms with Gasteiger partial charge in [0.05, 0.1) is 0 Å². The smallest absolute Gasteiger partial charge is 0.419 e. The predicted molar refractivity (Wildman–Crippen MR) is 131 cm³/mol. The van der Waals surface area contributed by atoms with Crippen molar-refractivity contribution in [1.82, 2.24) is 0 Å². The highest BCUT2D eigenvalue weighted by molar-refractivity contribution is 6.90. The highest BCUT2D eigenvalue weighted by atomic mass is 28.5. The molecule has 1 radical (unpaired) electrons. The van der Waals surface area contributed by atoms with E-state index in [4.69, 9.17) is 16.8 Å². The molecule has 0 aliphatic carbocycles. The summed E-state index contributed by atoms with van der Waals surface area (Å²) in [5.74, 6) is 0. The summed E-state index contributed by atoms with van der Waals surface area (Å²) in [6, 6.07) is 1.91. The van der Waals surface area contributed by atoms with E-state index in [0.29, 0.717) is 5.73 Å². The zero-order chi connectivity index (χ0) is 21.0. The maximum absolute atomic E-state index is 6.77. The minimum atomic E-state index is -2.74. The number of rotatable bonds is 12. The molecule has 1 unspecified atom stereocenters. The molecule has 0 heterocycles. The molecule has 0 aliphatic rings. The molecule has 0 spiro atoms. The van der Waals surface area contributed by atoms with Crippen LogP contribution in [0.4, 0.5) is 0 Å². The summed E-state index contributed by atoms with van der Waals surface area (Å²) in [5, 5.41) is 0. The quantitative estimate of drug-likeness (QED) is 0.391. The van der Waals surface area contributed by atoms with Crippen molar-refractivity contribution in [2.24, 2.45) is 0 Å². The summed E-state index contributed by atoms with van der Waals surface area (Å²) < 4.78 is 26.7. The van der Waals surface area contributed by atoms with E-state index in [-0.39, 0.29) is 0 Å². The average Bonchev–Trinajstić information content (AvgIpc) is 2.29. The molecular weight excluding hydrogens is 425 g/mol. The van der Waals surface area contributed by atoms with E-state index < -0.39 is 42.1 Å². The first-order chi connectivity index (χ1) is 11.3. The minimum absolute atomic E-state index is 0.349. The Hall–Kier alpha value is 1.14. The predicted octanol–water partition coefficient (Wildman–Crippen LogP) is 4.62. The highest BCUT2D eigenvalue weighted by Crippen LogP contribution is 2.32. The largest absolute Gasteiger partial charge is 0.469 e. The van der Waals surface area contributed by atoms with Crippen LogP contribution >= 0.6 is 0 Å². The van der Waals surface area contributed by atoms with Crippen molar-refractivity contribution in [1.29, 1.82) is 0 Å². The lowest BCUT2D eigenvalue weighted by Gasteiger charge is -2.43. The van der Waals surface area contributed by atoms with Crippen LogP contribution in [-0.2, 0) is 16.8 Å². The van der Waals surface area contributed by atoms with Crippen LogP contribution in [0.5, 0.6) is 0 Å². The van der Waals surface area contributed by atoms with Crippen molar-refractivity contribution < 1.29 is 16.8 Å². The van der Waals surface area contributed by atoms with Gasteiger partial charge in [0.15, 0.2) is 33.3 Å². The Kier molecular flexibility index (Phi) is 10.2. The van der Waals surface area contributed by atoms with Gasteiger partial charge in [-0.1, -0.05) is 6.92 Å². The molecule has 0 bridgehead atoms. The fraction of sp³-hybridized carbons (Fsp3) is 0.938. The molecule has 1 atom stereocenters. The lowest BCUT2D eigenvalue weighted by Crippen LogP contribution is -2.61. The van der Waals surface area contributed by atoms with E-state index in [1.807, 2.05) is 0 Å². The molecule has 0 aromatic rings. The summed E-state index contributed by atoms with van der Waals surface area (Å²) >= 11 is 0. The third kappa shape index (κ3) is 13.3. The van der Waals surface area contributed by atoms with Gasteiger partial charge in [-0.15, -0.1) is 0 Å². The Morgan fingerprint density at radius 1 is 0.692 bits per heavy atom.